The fraction of sp³-hybridized carbons (Fsp3) is 0.800. The minimum atomic E-state index is 0.529. The molecule has 1 heteroatoms. The number of allylic oxidation sites excluding steroid dienone is 3. The third-order valence-corrected chi connectivity index (χ3v) is 4.24. The van der Waals surface area contributed by atoms with Gasteiger partial charge in [0.2, 0.25) is 0 Å². The minimum Gasteiger partial charge on any atom is -0.369 e. The zero-order valence-electron chi connectivity index (χ0n) is 14.4. The first kappa shape index (κ1) is 18.5. The van der Waals surface area contributed by atoms with Crippen molar-refractivity contribution in [1.82, 2.24) is 0 Å². The van der Waals surface area contributed by atoms with Gasteiger partial charge in [-0.2, -0.15) is 0 Å². The molecule has 0 radical (unpaired) electrons. The maximum atomic E-state index is 5.74. The van der Waals surface area contributed by atoms with E-state index in [-0.39, 0.29) is 0 Å². The van der Waals surface area contributed by atoms with E-state index < -0.39 is 0 Å². The van der Waals surface area contributed by atoms with Gasteiger partial charge in [0.1, 0.15) is 0 Å². The highest BCUT2D eigenvalue weighted by Crippen LogP contribution is 2.30. The lowest BCUT2D eigenvalue weighted by molar-refractivity contribution is 0.358. The van der Waals surface area contributed by atoms with Gasteiger partial charge < -0.3 is 4.74 Å². The smallest absolute Gasteiger partial charge is 0.0876 e. The van der Waals surface area contributed by atoms with Crippen LogP contribution in [0.1, 0.15) is 90.9 Å². The topological polar surface area (TPSA) is 12.5 Å². The molecule has 1 fully saturated rings. The fourth-order valence-electron chi connectivity index (χ4n) is 2.79. The molecular weight excluding hydrogens is 256 g/mol. The van der Waals surface area contributed by atoms with Gasteiger partial charge in [0.05, 0.1) is 12.2 Å². The van der Waals surface area contributed by atoms with Crippen LogP contribution in [0.25, 0.3) is 0 Å². The van der Waals surface area contributed by atoms with Gasteiger partial charge in [-0.25, -0.2) is 0 Å². The van der Waals surface area contributed by atoms with Crippen LogP contribution in [0, 0.1) is 0 Å². The van der Waals surface area contributed by atoms with Gasteiger partial charge >= 0.3 is 0 Å². The predicted octanol–water partition coefficient (Wildman–Crippen LogP) is 6.59. The largest absolute Gasteiger partial charge is 0.369 e. The van der Waals surface area contributed by atoms with Crippen molar-refractivity contribution >= 4 is 0 Å². The summed E-state index contributed by atoms with van der Waals surface area (Å²) in [7, 11) is 0. The second-order valence-electron chi connectivity index (χ2n) is 6.30. The maximum absolute atomic E-state index is 5.74. The van der Waals surface area contributed by atoms with Gasteiger partial charge in [-0.05, 0) is 25.7 Å². The molecule has 0 amide bonds. The van der Waals surface area contributed by atoms with E-state index in [1.54, 1.807) is 0 Å². The molecule has 0 spiro atoms. The number of hydrogen-bond acceptors (Lipinski definition) is 1. The van der Waals surface area contributed by atoms with Gasteiger partial charge in [0, 0.05) is 0 Å². The molecule has 0 aromatic heterocycles. The normalized spacial score (nSPS) is 21.6. The van der Waals surface area contributed by atoms with Crippen molar-refractivity contribution in [2.24, 2.45) is 0 Å². The average molecular weight is 293 g/mol. The molecular formula is C20H36O. The first-order valence-electron chi connectivity index (χ1n) is 9.34. The molecule has 0 aromatic rings. The zero-order chi connectivity index (χ0) is 15.2. The Kier molecular flexibility index (Phi) is 11.6. The van der Waals surface area contributed by atoms with E-state index in [4.69, 9.17) is 4.74 Å². The van der Waals surface area contributed by atoms with Crippen molar-refractivity contribution in [2.75, 3.05) is 0 Å². The van der Waals surface area contributed by atoms with E-state index in [0.717, 1.165) is 19.3 Å². The van der Waals surface area contributed by atoms with Gasteiger partial charge in [0.25, 0.3) is 0 Å². The Morgan fingerprint density at radius 2 is 1.38 bits per heavy atom. The van der Waals surface area contributed by atoms with Crippen LogP contribution >= 0.6 is 0 Å². The number of epoxide rings is 1. The summed E-state index contributed by atoms with van der Waals surface area (Å²) < 4.78 is 5.74. The van der Waals surface area contributed by atoms with Crippen LogP contribution in [-0.4, -0.2) is 12.2 Å². The van der Waals surface area contributed by atoms with Crippen LogP contribution in [-0.2, 0) is 4.74 Å². The van der Waals surface area contributed by atoms with Crippen LogP contribution in [0.4, 0.5) is 0 Å². The van der Waals surface area contributed by atoms with Crippen LogP contribution in [0.3, 0.4) is 0 Å². The van der Waals surface area contributed by atoms with E-state index in [2.05, 4.69) is 38.2 Å². The lowest BCUT2D eigenvalue weighted by Gasteiger charge is -2.00. The summed E-state index contributed by atoms with van der Waals surface area (Å²) in [5.74, 6) is 0. The molecule has 1 saturated heterocycles. The van der Waals surface area contributed by atoms with Gasteiger partial charge in [-0.3, -0.25) is 0 Å². The lowest BCUT2D eigenvalue weighted by atomic mass is 10.1. The number of rotatable bonds is 14. The third kappa shape index (κ3) is 10.8. The molecule has 1 heterocycles. The van der Waals surface area contributed by atoms with Gasteiger partial charge in [0.15, 0.2) is 0 Å². The first-order chi connectivity index (χ1) is 10.4. The molecule has 1 nitrogen and oxygen atoms in total. The van der Waals surface area contributed by atoms with E-state index >= 15 is 0 Å². The Balaban J connectivity index is 1.83. The van der Waals surface area contributed by atoms with Crippen molar-refractivity contribution in [3.05, 3.63) is 24.3 Å². The Bertz CT molecular complexity index is 280. The molecule has 2 atom stereocenters. The van der Waals surface area contributed by atoms with E-state index in [1.807, 2.05) is 0 Å². The van der Waals surface area contributed by atoms with Crippen LogP contribution < -0.4 is 0 Å². The second-order valence-corrected chi connectivity index (χ2v) is 6.30. The Labute approximate surface area is 132 Å². The molecule has 122 valence electrons. The molecule has 1 aliphatic rings. The summed E-state index contributed by atoms with van der Waals surface area (Å²) in [5, 5.41) is 0. The summed E-state index contributed by atoms with van der Waals surface area (Å²) in [6.07, 6.45) is 26.0. The van der Waals surface area contributed by atoms with E-state index in [0.29, 0.717) is 12.2 Å². The summed E-state index contributed by atoms with van der Waals surface area (Å²) in [4.78, 5) is 0. The summed E-state index contributed by atoms with van der Waals surface area (Å²) in [6, 6.07) is 0. The molecule has 2 unspecified atom stereocenters. The maximum Gasteiger partial charge on any atom is 0.0876 e. The summed E-state index contributed by atoms with van der Waals surface area (Å²) >= 11 is 0. The molecule has 0 aliphatic carbocycles. The van der Waals surface area contributed by atoms with Crippen molar-refractivity contribution in [3.8, 4) is 0 Å². The summed E-state index contributed by atoms with van der Waals surface area (Å²) in [5.41, 5.74) is 0. The highest BCUT2D eigenvalue weighted by molar-refractivity contribution is 4.97. The lowest BCUT2D eigenvalue weighted by Crippen LogP contribution is -1.93. The summed E-state index contributed by atoms with van der Waals surface area (Å²) in [6.45, 7) is 4.46. The van der Waals surface area contributed by atoms with Gasteiger partial charge in [-0.1, -0.05) is 89.5 Å². The van der Waals surface area contributed by atoms with Crippen molar-refractivity contribution < 1.29 is 4.74 Å². The average Bonchev–Trinajstić information content (AvgIpc) is 3.24. The quantitative estimate of drug-likeness (QED) is 0.200. The molecule has 0 bridgehead atoms. The predicted molar refractivity (Wildman–Crippen MR) is 93.7 cm³/mol. The first-order valence-corrected chi connectivity index (χ1v) is 9.34. The standard InChI is InChI=1S/C20H36O/c1-3-5-7-9-11-12-14-16-18-20-19(21-20)17-15-13-10-8-6-4-2/h6,8,13,15,19-20H,3-5,7,9-12,14,16-18H2,1-2H3. The highest BCUT2D eigenvalue weighted by atomic mass is 16.6. The Morgan fingerprint density at radius 3 is 2.10 bits per heavy atom. The monoisotopic (exact) mass is 292 g/mol. The molecule has 0 aromatic carbocycles. The van der Waals surface area contributed by atoms with Crippen molar-refractivity contribution in [2.45, 2.75) is 103 Å². The zero-order valence-corrected chi connectivity index (χ0v) is 14.4. The van der Waals surface area contributed by atoms with Gasteiger partial charge in [-0.15, -0.1) is 0 Å². The minimum absolute atomic E-state index is 0.529. The molecule has 1 rings (SSSR count). The van der Waals surface area contributed by atoms with E-state index in [1.165, 1.54) is 57.8 Å². The SMILES string of the molecule is CCC=CCC=CCC1OC1CCCCCCCCCC. The molecule has 0 saturated carbocycles. The Hall–Kier alpha value is -0.560. The van der Waals surface area contributed by atoms with Crippen LogP contribution in [0.15, 0.2) is 24.3 Å². The number of ether oxygens (including phenoxy) is 1. The van der Waals surface area contributed by atoms with Crippen molar-refractivity contribution in [1.29, 1.82) is 0 Å². The Morgan fingerprint density at radius 1 is 0.714 bits per heavy atom. The molecule has 0 N–H and O–H groups in total. The second kappa shape index (κ2) is 13.1. The van der Waals surface area contributed by atoms with Crippen LogP contribution in [0.5, 0.6) is 0 Å². The van der Waals surface area contributed by atoms with Crippen LogP contribution in [0.2, 0.25) is 0 Å². The van der Waals surface area contributed by atoms with Crippen molar-refractivity contribution in [3.63, 3.8) is 0 Å². The highest BCUT2D eigenvalue weighted by Gasteiger charge is 2.36. The van der Waals surface area contributed by atoms with E-state index in [9.17, 15) is 0 Å². The number of unbranched alkanes of at least 4 members (excludes halogenated alkanes) is 7. The number of hydrogen-bond donors (Lipinski definition) is 0. The fourth-order valence-corrected chi connectivity index (χ4v) is 2.79. The molecule has 21 heavy (non-hydrogen) atoms. The third-order valence-electron chi connectivity index (χ3n) is 4.24. The molecule has 1 aliphatic heterocycles.